The molecular weight excluding hydrogens is 400 g/mol. The van der Waals surface area contributed by atoms with Gasteiger partial charge in [0.2, 0.25) is 0 Å². The van der Waals surface area contributed by atoms with Crippen LogP contribution in [0.4, 0.5) is 17.2 Å². The number of aromatic nitrogens is 2. The largest absolute Gasteiger partial charge is 0.365 e. The molecule has 7 heteroatoms. The second-order valence-corrected chi connectivity index (χ2v) is 8.29. The SMILES string of the molecule is O=C(Nc1ccc2c(c1)N(N1CCCCC1)CC2)c1cccnc1NCc1ccncc1. The van der Waals surface area contributed by atoms with Gasteiger partial charge in [0.05, 0.1) is 11.3 Å². The van der Waals surface area contributed by atoms with Crippen LogP contribution in [0.25, 0.3) is 0 Å². The Morgan fingerprint density at radius 2 is 1.81 bits per heavy atom. The zero-order chi connectivity index (χ0) is 21.8. The molecule has 3 aromatic rings. The maximum atomic E-state index is 13.1. The van der Waals surface area contributed by atoms with Crippen molar-refractivity contribution in [2.45, 2.75) is 32.2 Å². The van der Waals surface area contributed by atoms with Crippen LogP contribution >= 0.6 is 0 Å². The molecule has 0 bridgehead atoms. The summed E-state index contributed by atoms with van der Waals surface area (Å²) in [7, 11) is 0. The number of hydrogen-bond acceptors (Lipinski definition) is 6. The first kappa shape index (κ1) is 20.5. The van der Waals surface area contributed by atoms with E-state index < -0.39 is 0 Å². The van der Waals surface area contributed by atoms with E-state index in [1.165, 1.54) is 30.5 Å². The van der Waals surface area contributed by atoms with Crippen molar-refractivity contribution < 1.29 is 4.79 Å². The van der Waals surface area contributed by atoms with Gasteiger partial charge in [-0.25, -0.2) is 9.99 Å². The summed E-state index contributed by atoms with van der Waals surface area (Å²) >= 11 is 0. The van der Waals surface area contributed by atoms with Crippen molar-refractivity contribution in [1.82, 2.24) is 15.0 Å². The lowest BCUT2D eigenvalue weighted by Crippen LogP contribution is -2.44. The highest BCUT2D eigenvalue weighted by atomic mass is 16.1. The van der Waals surface area contributed by atoms with Gasteiger partial charge in [-0.1, -0.05) is 12.5 Å². The molecule has 2 aromatic heterocycles. The molecule has 1 saturated heterocycles. The van der Waals surface area contributed by atoms with E-state index in [-0.39, 0.29) is 5.91 Å². The summed E-state index contributed by atoms with van der Waals surface area (Å²) in [4.78, 5) is 21.5. The molecule has 7 nitrogen and oxygen atoms in total. The van der Waals surface area contributed by atoms with Gasteiger partial charge in [0.25, 0.3) is 5.91 Å². The number of amides is 1. The van der Waals surface area contributed by atoms with Crippen molar-refractivity contribution >= 4 is 23.1 Å². The molecule has 0 saturated carbocycles. The molecule has 1 fully saturated rings. The van der Waals surface area contributed by atoms with Crippen molar-refractivity contribution in [3.05, 3.63) is 77.7 Å². The van der Waals surface area contributed by atoms with Crippen LogP contribution in [0.15, 0.2) is 61.1 Å². The Morgan fingerprint density at radius 3 is 2.66 bits per heavy atom. The summed E-state index contributed by atoms with van der Waals surface area (Å²) in [6.45, 7) is 3.80. The number of carbonyl (C=O) groups is 1. The first-order valence-electron chi connectivity index (χ1n) is 11.3. The maximum absolute atomic E-state index is 13.1. The number of benzene rings is 1. The molecular formula is C25H28N6O. The maximum Gasteiger partial charge on any atom is 0.259 e. The van der Waals surface area contributed by atoms with E-state index in [0.717, 1.165) is 37.3 Å². The minimum Gasteiger partial charge on any atom is -0.365 e. The summed E-state index contributed by atoms with van der Waals surface area (Å²) in [6, 6.07) is 13.7. The van der Waals surface area contributed by atoms with Gasteiger partial charge in [0.1, 0.15) is 5.82 Å². The van der Waals surface area contributed by atoms with Crippen LogP contribution in [0.2, 0.25) is 0 Å². The zero-order valence-electron chi connectivity index (χ0n) is 18.1. The van der Waals surface area contributed by atoms with Gasteiger partial charge in [0.15, 0.2) is 0 Å². The van der Waals surface area contributed by atoms with Gasteiger partial charge < -0.3 is 15.6 Å². The lowest BCUT2D eigenvalue weighted by Gasteiger charge is -2.36. The average Bonchev–Trinajstić information content (AvgIpc) is 3.27. The van der Waals surface area contributed by atoms with Gasteiger partial charge in [-0.3, -0.25) is 9.78 Å². The molecule has 0 radical (unpaired) electrons. The van der Waals surface area contributed by atoms with Crippen molar-refractivity contribution in [3.8, 4) is 0 Å². The fraction of sp³-hybridized carbons (Fsp3) is 0.320. The Morgan fingerprint density at radius 1 is 0.969 bits per heavy atom. The predicted molar refractivity (Wildman–Crippen MR) is 127 cm³/mol. The first-order valence-corrected chi connectivity index (χ1v) is 11.3. The minimum absolute atomic E-state index is 0.169. The van der Waals surface area contributed by atoms with Crippen LogP contribution in [0.3, 0.4) is 0 Å². The molecule has 2 N–H and O–H groups in total. The van der Waals surface area contributed by atoms with Crippen LogP contribution in [0.1, 0.15) is 40.7 Å². The Kier molecular flexibility index (Phi) is 5.98. The van der Waals surface area contributed by atoms with Crippen molar-refractivity contribution in [2.24, 2.45) is 0 Å². The van der Waals surface area contributed by atoms with E-state index >= 15 is 0 Å². The second-order valence-electron chi connectivity index (χ2n) is 8.29. The van der Waals surface area contributed by atoms with E-state index in [9.17, 15) is 4.79 Å². The molecule has 164 valence electrons. The molecule has 0 aliphatic carbocycles. The summed E-state index contributed by atoms with van der Waals surface area (Å²) in [5.41, 5.74) is 4.96. The molecule has 4 heterocycles. The first-order chi connectivity index (χ1) is 15.8. The summed E-state index contributed by atoms with van der Waals surface area (Å²) in [5, 5.41) is 11.2. The molecule has 1 amide bonds. The number of anilines is 3. The van der Waals surface area contributed by atoms with E-state index in [1.807, 2.05) is 18.2 Å². The van der Waals surface area contributed by atoms with Crippen LogP contribution in [-0.4, -0.2) is 40.5 Å². The van der Waals surface area contributed by atoms with Crippen molar-refractivity contribution in [1.29, 1.82) is 0 Å². The molecule has 1 aromatic carbocycles. The average molecular weight is 429 g/mol. The molecule has 2 aliphatic rings. The van der Waals surface area contributed by atoms with Crippen LogP contribution in [-0.2, 0) is 13.0 Å². The van der Waals surface area contributed by atoms with Crippen LogP contribution in [0, 0.1) is 0 Å². The van der Waals surface area contributed by atoms with E-state index in [4.69, 9.17) is 0 Å². The number of nitrogens with zero attached hydrogens (tertiary/aromatic N) is 4. The second kappa shape index (κ2) is 9.36. The third-order valence-corrected chi connectivity index (χ3v) is 6.15. The standard InChI is InChI=1S/C25H28N6O/c32-25(22-5-4-11-27-24(22)28-18-19-8-12-26-13-9-19)29-21-7-6-20-10-16-31(23(20)17-21)30-14-2-1-3-15-30/h4-9,11-13,17H,1-3,10,14-16,18H2,(H,27,28)(H,29,32). The fourth-order valence-corrected chi connectivity index (χ4v) is 4.47. The van der Waals surface area contributed by atoms with E-state index in [1.54, 1.807) is 30.7 Å². The monoisotopic (exact) mass is 428 g/mol. The van der Waals surface area contributed by atoms with Crippen LogP contribution in [0.5, 0.6) is 0 Å². The van der Waals surface area contributed by atoms with Gasteiger partial charge in [0, 0.05) is 50.5 Å². The molecule has 5 rings (SSSR count). The quantitative estimate of drug-likeness (QED) is 0.616. The van der Waals surface area contributed by atoms with Gasteiger partial charge >= 0.3 is 0 Å². The van der Waals surface area contributed by atoms with Gasteiger partial charge in [-0.15, -0.1) is 0 Å². The normalized spacial score (nSPS) is 15.9. The fourth-order valence-electron chi connectivity index (χ4n) is 4.47. The molecule has 0 atom stereocenters. The number of rotatable bonds is 6. The zero-order valence-corrected chi connectivity index (χ0v) is 18.1. The Hall–Kier alpha value is -3.45. The summed E-state index contributed by atoms with van der Waals surface area (Å²) in [5.74, 6) is 0.399. The topological polar surface area (TPSA) is 73.4 Å². The van der Waals surface area contributed by atoms with Crippen molar-refractivity contribution in [2.75, 3.05) is 35.3 Å². The lowest BCUT2D eigenvalue weighted by molar-refractivity contribution is 0.102. The number of pyridine rings is 2. The summed E-state index contributed by atoms with van der Waals surface area (Å²) < 4.78 is 0. The third-order valence-electron chi connectivity index (χ3n) is 6.15. The molecule has 0 unspecified atom stereocenters. The predicted octanol–water partition coefficient (Wildman–Crippen LogP) is 4.10. The highest BCUT2D eigenvalue weighted by Gasteiger charge is 2.26. The van der Waals surface area contributed by atoms with Crippen LogP contribution < -0.4 is 15.6 Å². The molecule has 2 aliphatic heterocycles. The van der Waals surface area contributed by atoms with E-state index in [0.29, 0.717) is 17.9 Å². The highest BCUT2D eigenvalue weighted by molar-refractivity contribution is 6.07. The Balaban J connectivity index is 1.31. The Bertz CT molecular complexity index is 1080. The highest BCUT2D eigenvalue weighted by Crippen LogP contribution is 2.33. The smallest absolute Gasteiger partial charge is 0.259 e. The Labute approximate surface area is 188 Å². The molecule has 0 spiro atoms. The lowest BCUT2D eigenvalue weighted by atomic mass is 10.1. The molecule has 32 heavy (non-hydrogen) atoms. The van der Waals surface area contributed by atoms with E-state index in [2.05, 4.69) is 42.8 Å². The minimum atomic E-state index is -0.169. The number of hydrazine groups is 1. The number of hydrogen-bond donors (Lipinski definition) is 2. The number of carbonyl (C=O) groups excluding carboxylic acids is 1. The number of fused-ring (bicyclic) bond motifs is 1. The third kappa shape index (κ3) is 4.43. The number of nitrogens with one attached hydrogen (secondary N) is 2. The van der Waals surface area contributed by atoms with Crippen molar-refractivity contribution in [3.63, 3.8) is 0 Å². The van der Waals surface area contributed by atoms with Gasteiger partial charge in [-0.05, 0) is 66.8 Å². The van der Waals surface area contributed by atoms with Gasteiger partial charge in [-0.2, -0.15) is 0 Å². The summed E-state index contributed by atoms with van der Waals surface area (Å²) in [6.07, 6.45) is 10.1. The number of piperidine rings is 1.